The first-order chi connectivity index (χ1) is 8.88. The smallest absolute Gasteiger partial charge is 0.264 e. The number of sulfonamides is 1. The number of pyridine rings is 1. The summed E-state index contributed by atoms with van der Waals surface area (Å²) in [5.74, 6) is -1.63. The number of benzene rings is 1. The van der Waals surface area contributed by atoms with Crippen LogP contribution in [0.5, 0.6) is 0 Å². The van der Waals surface area contributed by atoms with Crippen molar-refractivity contribution in [3.8, 4) is 0 Å². The summed E-state index contributed by atoms with van der Waals surface area (Å²) in [6.07, 6.45) is 1.00. The Bertz CT molecular complexity index is 705. The van der Waals surface area contributed by atoms with Crippen molar-refractivity contribution in [3.05, 3.63) is 52.8 Å². The highest BCUT2D eigenvalue weighted by Gasteiger charge is 2.19. The van der Waals surface area contributed by atoms with Gasteiger partial charge in [0.25, 0.3) is 10.0 Å². The Kier molecular flexibility index (Phi) is 3.81. The second-order valence-corrected chi connectivity index (χ2v) is 6.12. The fraction of sp³-hybridized carbons (Fsp3) is 0. The highest BCUT2D eigenvalue weighted by molar-refractivity contribution is 9.10. The molecule has 0 atom stereocenters. The van der Waals surface area contributed by atoms with Gasteiger partial charge in [0.15, 0.2) is 0 Å². The van der Waals surface area contributed by atoms with Gasteiger partial charge in [-0.3, -0.25) is 4.72 Å². The lowest BCUT2D eigenvalue weighted by Gasteiger charge is -2.08. The van der Waals surface area contributed by atoms with E-state index in [9.17, 15) is 17.2 Å². The Balaban J connectivity index is 2.35. The molecular weight excluding hydrogens is 342 g/mol. The molecule has 0 aliphatic carbocycles. The van der Waals surface area contributed by atoms with Gasteiger partial charge in [0, 0.05) is 4.47 Å². The predicted octanol–water partition coefficient (Wildman–Crippen LogP) is 2.92. The normalized spacial score (nSPS) is 11.3. The third kappa shape index (κ3) is 3.27. The molecule has 0 spiro atoms. The molecule has 2 aromatic rings. The number of hydrogen-bond acceptors (Lipinski definition) is 3. The SMILES string of the molecule is O=S(=O)(Nc1ccc(F)nc1)c1ccc(Br)cc1F. The summed E-state index contributed by atoms with van der Waals surface area (Å²) in [5, 5.41) is 0. The van der Waals surface area contributed by atoms with E-state index in [0.717, 1.165) is 24.4 Å². The van der Waals surface area contributed by atoms with Crippen LogP contribution in [0.2, 0.25) is 0 Å². The summed E-state index contributed by atoms with van der Waals surface area (Å²) in [4.78, 5) is 2.80. The molecule has 0 fully saturated rings. The van der Waals surface area contributed by atoms with Crippen molar-refractivity contribution in [3.63, 3.8) is 0 Å². The van der Waals surface area contributed by atoms with Crippen molar-refractivity contribution in [2.45, 2.75) is 4.90 Å². The standard InChI is InChI=1S/C11H7BrF2N2O2S/c12-7-1-3-10(9(13)5-7)19(17,18)16-8-2-4-11(14)15-6-8/h1-6,16H. The van der Waals surface area contributed by atoms with Crippen molar-refractivity contribution in [2.75, 3.05) is 4.72 Å². The average Bonchev–Trinajstić information content (AvgIpc) is 2.31. The number of aromatic nitrogens is 1. The van der Waals surface area contributed by atoms with Crippen molar-refractivity contribution in [1.29, 1.82) is 0 Å². The van der Waals surface area contributed by atoms with Crippen LogP contribution in [0.15, 0.2) is 45.9 Å². The van der Waals surface area contributed by atoms with E-state index in [1.807, 2.05) is 0 Å². The molecule has 0 saturated carbocycles. The maximum atomic E-state index is 13.6. The van der Waals surface area contributed by atoms with E-state index >= 15 is 0 Å². The van der Waals surface area contributed by atoms with Crippen LogP contribution in [0, 0.1) is 11.8 Å². The quantitative estimate of drug-likeness (QED) is 0.867. The van der Waals surface area contributed by atoms with Crippen LogP contribution in [-0.4, -0.2) is 13.4 Å². The number of hydrogen-bond donors (Lipinski definition) is 1. The molecule has 0 saturated heterocycles. The van der Waals surface area contributed by atoms with E-state index < -0.39 is 26.7 Å². The molecule has 0 bridgehead atoms. The van der Waals surface area contributed by atoms with Gasteiger partial charge in [-0.15, -0.1) is 0 Å². The van der Waals surface area contributed by atoms with Gasteiger partial charge in [-0.2, -0.15) is 4.39 Å². The van der Waals surface area contributed by atoms with Crippen molar-refractivity contribution >= 4 is 31.6 Å². The number of nitrogens with one attached hydrogen (secondary N) is 1. The maximum Gasteiger partial charge on any atom is 0.264 e. The molecule has 2 rings (SSSR count). The highest BCUT2D eigenvalue weighted by atomic mass is 79.9. The number of halogens is 3. The summed E-state index contributed by atoms with van der Waals surface area (Å²) in [6, 6.07) is 5.75. The first kappa shape index (κ1) is 13.9. The van der Waals surface area contributed by atoms with Crippen molar-refractivity contribution < 1.29 is 17.2 Å². The summed E-state index contributed by atoms with van der Waals surface area (Å²) in [5.41, 5.74) is 0.0451. The largest absolute Gasteiger partial charge is 0.278 e. The van der Waals surface area contributed by atoms with E-state index in [4.69, 9.17) is 0 Å². The van der Waals surface area contributed by atoms with Gasteiger partial charge in [-0.1, -0.05) is 15.9 Å². The minimum atomic E-state index is -4.08. The Morgan fingerprint density at radius 1 is 1.16 bits per heavy atom. The van der Waals surface area contributed by atoms with E-state index in [1.54, 1.807) is 0 Å². The average molecular weight is 349 g/mol. The molecule has 1 aromatic heterocycles. The van der Waals surface area contributed by atoms with Crippen molar-refractivity contribution in [2.24, 2.45) is 0 Å². The van der Waals surface area contributed by atoms with Gasteiger partial charge in [0.05, 0.1) is 11.9 Å². The Morgan fingerprint density at radius 2 is 1.89 bits per heavy atom. The summed E-state index contributed by atoms with van der Waals surface area (Å²) in [7, 11) is -4.08. The highest BCUT2D eigenvalue weighted by Crippen LogP contribution is 2.21. The monoisotopic (exact) mass is 348 g/mol. The molecule has 0 radical (unpaired) electrons. The summed E-state index contributed by atoms with van der Waals surface area (Å²) in [6.45, 7) is 0. The summed E-state index contributed by atoms with van der Waals surface area (Å²) < 4.78 is 52.6. The van der Waals surface area contributed by atoms with Gasteiger partial charge in [0.2, 0.25) is 5.95 Å². The first-order valence-electron chi connectivity index (χ1n) is 4.98. The molecule has 4 nitrogen and oxygen atoms in total. The Morgan fingerprint density at radius 3 is 2.47 bits per heavy atom. The van der Waals surface area contributed by atoms with Crippen LogP contribution < -0.4 is 4.72 Å². The van der Waals surface area contributed by atoms with Crippen molar-refractivity contribution in [1.82, 2.24) is 4.98 Å². The lowest BCUT2D eigenvalue weighted by atomic mass is 10.3. The van der Waals surface area contributed by atoms with Crippen LogP contribution >= 0.6 is 15.9 Å². The van der Waals surface area contributed by atoms with Crippen LogP contribution in [0.25, 0.3) is 0 Å². The van der Waals surface area contributed by atoms with Crippen LogP contribution in [0.4, 0.5) is 14.5 Å². The minimum absolute atomic E-state index is 0.0451. The Labute approximate surface area is 116 Å². The van der Waals surface area contributed by atoms with Gasteiger partial charge < -0.3 is 0 Å². The van der Waals surface area contributed by atoms with E-state index in [2.05, 4.69) is 25.6 Å². The number of anilines is 1. The molecule has 1 heterocycles. The molecule has 1 aromatic carbocycles. The molecular formula is C11H7BrF2N2O2S. The lowest BCUT2D eigenvalue weighted by Crippen LogP contribution is -2.14. The van der Waals surface area contributed by atoms with Gasteiger partial charge in [-0.05, 0) is 30.3 Å². The third-order valence-corrected chi connectivity index (χ3v) is 4.07. The second-order valence-electron chi connectivity index (χ2n) is 3.55. The fourth-order valence-electron chi connectivity index (χ4n) is 1.34. The summed E-state index contributed by atoms with van der Waals surface area (Å²) >= 11 is 3.03. The Hall–Kier alpha value is -1.54. The fourth-order valence-corrected chi connectivity index (χ4v) is 2.78. The minimum Gasteiger partial charge on any atom is -0.278 e. The molecule has 1 N–H and O–H groups in total. The topological polar surface area (TPSA) is 59.1 Å². The molecule has 8 heteroatoms. The third-order valence-electron chi connectivity index (χ3n) is 2.16. The molecule has 0 aliphatic rings. The van der Waals surface area contributed by atoms with Crippen LogP contribution in [0.1, 0.15) is 0 Å². The second kappa shape index (κ2) is 5.22. The molecule has 100 valence electrons. The molecule has 0 aliphatic heterocycles. The zero-order valence-electron chi connectivity index (χ0n) is 9.27. The zero-order chi connectivity index (χ0) is 14.0. The van der Waals surface area contributed by atoms with E-state index in [1.165, 1.54) is 12.1 Å². The van der Waals surface area contributed by atoms with Gasteiger partial charge in [-0.25, -0.2) is 17.8 Å². The van der Waals surface area contributed by atoms with E-state index in [-0.39, 0.29) is 5.69 Å². The number of nitrogens with zero attached hydrogens (tertiary/aromatic N) is 1. The predicted molar refractivity (Wildman–Crippen MR) is 69.1 cm³/mol. The lowest BCUT2D eigenvalue weighted by molar-refractivity contribution is 0.569. The zero-order valence-corrected chi connectivity index (χ0v) is 11.7. The van der Waals surface area contributed by atoms with E-state index in [0.29, 0.717) is 4.47 Å². The first-order valence-corrected chi connectivity index (χ1v) is 7.25. The maximum absolute atomic E-state index is 13.6. The molecule has 19 heavy (non-hydrogen) atoms. The molecule has 0 unspecified atom stereocenters. The van der Waals surface area contributed by atoms with Crippen LogP contribution in [0.3, 0.4) is 0 Å². The van der Waals surface area contributed by atoms with Gasteiger partial charge in [0.1, 0.15) is 10.7 Å². The van der Waals surface area contributed by atoms with Gasteiger partial charge >= 0.3 is 0 Å². The number of rotatable bonds is 3. The molecule has 0 amide bonds. The van der Waals surface area contributed by atoms with Crippen LogP contribution in [-0.2, 0) is 10.0 Å².